The Morgan fingerprint density at radius 3 is 2.48 bits per heavy atom. The summed E-state index contributed by atoms with van der Waals surface area (Å²) in [5.41, 5.74) is 1.79. The molecule has 0 aliphatic heterocycles. The second-order valence-electron chi connectivity index (χ2n) is 6.57. The Kier molecular flexibility index (Phi) is 5.03. The quantitative estimate of drug-likeness (QED) is 0.938. The monoisotopic (exact) mass is 316 g/mol. The number of nitrogens with one attached hydrogen (secondary N) is 1. The average Bonchev–Trinajstić information content (AvgIpc) is 2.92. The Morgan fingerprint density at radius 2 is 1.91 bits per heavy atom. The Bertz CT molecular complexity index is 656. The zero-order chi connectivity index (χ0) is 17.0. The van der Waals surface area contributed by atoms with Crippen LogP contribution < -0.4 is 5.32 Å². The predicted octanol–water partition coefficient (Wildman–Crippen LogP) is 3.38. The summed E-state index contributed by atoms with van der Waals surface area (Å²) >= 11 is 0. The third-order valence-electron chi connectivity index (χ3n) is 3.25. The molecule has 23 heavy (non-hydrogen) atoms. The normalized spacial score (nSPS) is 11.3. The van der Waals surface area contributed by atoms with Crippen LogP contribution in [0, 0.1) is 6.92 Å². The molecule has 0 fully saturated rings. The van der Waals surface area contributed by atoms with Crippen molar-refractivity contribution >= 4 is 6.03 Å². The minimum absolute atomic E-state index is 0.143. The van der Waals surface area contributed by atoms with E-state index in [0.29, 0.717) is 18.3 Å². The molecule has 0 atom stereocenters. The Morgan fingerprint density at radius 1 is 1.26 bits per heavy atom. The largest absolute Gasteiger partial charge is 0.337 e. The highest BCUT2D eigenvalue weighted by atomic mass is 16.5. The molecular formula is C17H24N4O2. The van der Waals surface area contributed by atoms with Gasteiger partial charge in [0.25, 0.3) is 0 Å². The fourth-order valence-corrected chi connectivity index (χ4v) is 2.03. The van der Waals surface area contributed by atoms with E-state index in [9.17, 15) is 4.79 Å². The van der Waals surface area contributed by atoms with Crippen molar-refractivity contribution in [3.05, 3.63) is 35.7 Å². The molecule has 2 aromatic rings. The molecule has 0 aliphatic carbocycles. The van der Waals surface area contributed by atoms with E-state index in [4.69, 9.17) is 4.52 Å². The maximum Gasteiger partial charge on any atom is 0.318 e. The number of urea groups is 1. The van der Waals surface area contributed by atoms with E-state index in [1.54, 1.807) is 4.90 Å². The van der Waals surface area contributed by atoms with Gasteiger partial charge in [-0.2, -0.15) is 4.98 Å². The number of aromatic nitrogens is 2. The molecule has 1 N–H and O–H groups in total. The Hall–Kier alpha value is -2.37. The standard InChI is InChI=1S/C17H24N4O2/c1-6-21(16(22)19-17(3,4)5)11-14-18-15(20-23-14)13-9-7-12(2)8-10-13/h7-10H,6,11H2,1-5H3,(H,19,22). The van der Waals surface area contributed by atoms with Crippen LogP contribution in [0.4, 0.5) is 4.79 Å². The number of aryl methyl sites for hydroxylation is 1. The molecule has 6 nitrogen and oxygen atoms in total. The first-order valence-electron chi connectivity index (χ1n) is 7.75. The summed E-state index contributed by atoms with van der Waals surface area (Å²) in [6.45, 7) is 10.6. The molecular weight excluding hydrogens is 292 g/mol. The van der Waals surface area contributed by atoms with Crippen molar-refractivity contribution in [2.75, 3.05) is 6.54 Å². The van der Waals surface area contributed by atoms with Gasteiger partial charge in [0.1, 0.15) is 6.54 Å². The maximum absolute atomic E-state index is 12.2. The van der Waals surface area contributed by atoms with Crippen LogP contribution in [0.25, 0.3) is 11.4 Å². The molecule has 2 rings (SSSR count). The summed E-state index contributed by atoms with van der Waals surface area (Å²) < 4.78 is 5.28. The molecule has 0 bridgehead atoms. The second-order valence-corrected chi connectivity index (χ2v) is 6.57. The van der Waals surface area contributed by atoms with Crippen LogP contribution in [0.5, 0.6) is 0 Å². The zero-order valence-electron chi connectivity index (χ0n) is 14.4. The number of carbonyl (C=O) groups excluding carboxylic acids is 1. The summed E-state index contributed by atoms with van der Waals surface area (Å²) in [6, 6.07) is 7.76. The lowest BCUT2D eigenvalue weighted by Crippen LogP contribution is -2.48. The Labute approximate surface area is 136 Å². The first kappa shape index (κ1) is 17.0. The van der Waals surface area contributed by atoms with Gasteiger partial charge in [0.2, 0.25) is 11.7 Å². The molecule has 1 aromatic heterocycles. The van der Waals surface area contributed by atoms with Gasteiger partial charge in [-0.3, -0.25) is 0 Å². The molecule has 1 heterocycles. The number of rotatable bonds is 4. The molecule has 0 aliphatic rings. The smallest absolute Gasteiger partial charge is 0.318 e. The summed E-state index contributed by atoms with van der Waals surface area (Å²) in [7, 11) is 0. The third kappa shape index (κ3) is 4.81. The maximum atomic E-state index is 12.2. The highest BCUT2D eigenvalue weighted by Crippen LogP contribution is 2.17. The molecule has 0 saturated carbocycles. The SMILES string of the molecule is CCN(Cc1nc(-c2ccc(C)cc2)no1)C(=O)NC(C)(C)C. The fraction of sp³-hybridized carbons (Fsp3) is 0.471. The second kappa shape index (κ2) is 6.81. The van der Waals surface area contributed by atoms with Crippen molar-refractivity contribution < 1.29 is 9.32 Å². The van der Waals surface area contributed by atoms with E-state index >= 15 is 0 Å². The first-order chi connectivity index (χ1) is 10.8. The minimum atomic E-state index is -0.285. The summed E-state index contributed by atoms with van der Waals surface area (Å²) in [5.74, 6) is 0.957. The van der Waals surface area contributed by atoms with Gasteiger partial charge in [-0.1, -0.05) is 35.0 Å². The number of hydrogen-bond acceptors (Lipinski definition) is 4. The van der Waals surface area contributed by atoms with Crippen molar-refractivity contribution in [2.45, 2.75) is 46.7 Å². The van der Waals surface area contributed by atoms with Crippen LogP contribution in [0.3, 0.4) is 0 Å². The first-order valence-corrected chi connectivity index (χ1v) is 7.75. The molecule has 124 valence electrons. The number of carbonyl (C=O) groups is 1. The van der Waals surface area contributed by atoms with Crippen LogP contribution in [-0.2, 0) is 6.54 Å². The van der Waals surface area contributed by atoms with Gasteiger partial charge < -0.3 is 14.7 Å². The van der Waals surface area contributed by atoms with Crippen molar-refractivity contribution in [2.24, 2.45) is 0 Å². The van der Waals surface area contributed by atoms with Crippen molar-refractivity contribution in [3.63, 3.8) is 0 Å². The number of amides is 2. The van der Waals surface area contributed by atoms with Gasteiger partial charge in [-0.05, 0) is 34.6 Å². The van der Waals surface area contributed by atoms with E-state index in [2.05, 4.69) is 15.5 Å². The van der Waals surface area contributed by atoms with Gasteiger partial charge in [-0.25, -0.2) is 4.79 Å². The summed E-state index contributed by atoms with van der Waals surface area (Å²) in [6.07, 6.45) is 0. The lowest BCUT2D eigenvalue weighted by atomic mass is 10.1. The molecule has 0 radical (unpaired) electrons. The lowest BCUT2D eigenvalue weighted by Gasteiger charge is -2.26. The van der Waals surface area contributed by atoms with Crippen molar-refractivity contribution in [1.82, 2.24) is 20.4 Å². The summed E-state index contributed by atoms with van der Waals surface area (Å²) in [5, 5.41) is 6.93. The highest BCUT2D eigenvalue weighted by Gasteiger charge is 2.20. The molecule has 1 aromatic carbocycles. The number of hydrogen-bond donors (Lipinski definition) is 1. The molecule has 0 spiro atoms. The van der Waals surface area contributed by atoms with E-state index in [-0.39, 0.29) is 18.1 Å². The van der Waals surface area contributed by atoms with Crippen molar-refractivity contribution in [1.29, 1.82) is 0 Å². The predicted molar refractivity (Wildman–Crippen MR) is 88.8 cm³/mol. The van der Waals surface area contributed by atoms with Crippen LogP contribution in [0.1, 0.15) is 39.1 Å². The zero-order valence-corrected chi connectivity index (χ0v) is 14.4. The third-order valence-corrected chi connectivity index (χ3v) is 3.25. The van der Waals surface area contributed by atoms with Gasteiger partial charge in [0, 0.05) is 17.6 Å². The molecule has 2 amide bonds. The van der Waals surface area contributed by atoms with Gasteiger partial charge in [0.15, 0.2) is 0 Å². The highest BCUT2D eigenvalue weighted by molar-refractivity contribution is 5.74. The van der Waals surface area contributed by atoms with Gasteiger partial charge in [0.05, 0.1) is 0 Å². The summed E-state index contributed by atoms with van der Waals surface area (Å²) in [4.78, 5) is 18.2. The van der Waals surface area contributed by atoms with E-state index in [1.165, 1.54) is 5.56 Å². The fourth-order valence-electron chi connectivity index (χ4n) is 2.03. The molecule has 0 unspecified atom stereocenters. The van der Waals surface area contributed by atoms with Crippen LogP contribution in [0.15, 0.2) is 28.8 Å². The van der Waals surface area contributed by atoms with Crippen LogP contribution in [0.2, 0.25) is 0 Å². The van der Waals surface area contributed by atoms with Gasteiger partial charge >= 0.3 is 6.03 Å². The van der Waals surface area contributed by atoms with E-state index in [1.807, 2.05) is 58.9 Å². The Balaban J connectivity index is 2.07. The van der Waals surface area contributed by atoms with Crippen molar-refractivity contribution in [3.8, 4) is 11.4 Å². The molecule has 6 heteroatoms. The van der Waals surface area contributed by atoms with Gasteiger partial charge in [-0.15, -0.1) is 0 Å². The van der Waals surface area contributed by atoms with E-state index in [0.717, 1.165) is 5.56 Å². The van der Waals surface area contributed by atoms with E-state index < -0.39 is 0 Å². The van der Waals surface area contributed by atoms with Crippen LogP contribution >= 0.6 is 0 Å². The number of benzene rings is 1. The number of nitrogens with zero attached hydrogens (tertiary/aromatic N) is 3. The van der Waals surface area contributed by atoms with Crippen LogP contribution in [-0.4, -0.2) is 33.2 Å². The average molecular weight is 316 g/mol. The topological polar surface area (TPSA) is 71.3 Å². The lowest BCUT2D eigenvalue weighted by molar-refractivity contribution is 0.181. The molecule has 0 saturated heterocycles. The minimum Gasteiger partial charge on any atom is -0.337 e.